The molecule has 3 heteroatoms. The maximum absolute atomic E-state index is 11.7. The largest absolute Gasteiger partial charge is 0.462 e. The maximum Gasteiger partial charge on any atom is 0.344 e. The summed E-state index contributed by atoms with van der Waals surface area (Å²) in [6, 6.07) is 14.1. The SMILES string of the molecule is CCOC(=O)C(S)=C(C)c1cccc2ccccc12. The molecule has 0 atom stereocenters. The topological polar surface area (TPSA) is 26.3 Å². The molecule has 0 spiro atoms. The summed E-state index contributed by atoms with van der Waals surface area (Å²) in [5, 5.41) is 2.25. The van der Waals surface area contributed by atoms with Crippen LogP contribution >= 0.6 is 12.6 Å². The van der Waals surface area contributed by atoms with E-state index in [2.05, 4.69) is 24.8 Å². The Morgan fingerprint density at radius 1 is 1.16 bits per heavy atom. The molecule has 2 nitrogen and oxygen atoms in total. The lowest BCUT2D eigenvalue weighted by Crippen LogP contribution is -2.05. The molecule has 0 amide bonds. The van der Waals surface area contributed by atoms with Gasteiger partial charge in [0.25, 0.3) is 0 Å². The lowest BCUT2D eigenvalue weighted by Gasteiger charge is -2.10. The molecule has 2 aromatic rings. The fourth-order valence-electron chi connectivity index (χ4n) is 2.03. The Labute approximate surface area is 118 Å². The van der Waals surface area contributed by atoms with Crippen LogP contribution in [0.15, 0.2) is 47.4 Å². The molecular formula is C16H16O2S. The molecule has 0 aliphatic carbocycles. The van der Waals surface area contributed by atoms with Crippen molar-refractivity contribution in [3.05, 3.63) is 52.9 Å². The van der Waals surface area contributed by atoms with Crippen molar-refractivity contribution in [2.24, 2.45) is 0 Å². The molecule has 19 heavy (non-hydrogen) atoms. The van der Waals surface area contributed by atoms with Crippen molar-refractivity contribution in [2.45, 2.75) is 13.8 Å². The van der Waals surface area contributed by atoms with Crippen molar-refractivity contribution >= 4 is 34.9 Å². The summed E-state index contributed by atoms with van der Waals surface area (Å²) in [6.45, 7) is 4.03. The number of carbonyl (C=O) groups is 1. The monoisotopic (exact) mass is 272 g/mol. The van der Waals surface area contributed by atoms with Crippen LogP contribution in [-0.2, 0) is 9.53 Å². The van der Waals surface area contributed by atoms with Crippen LogP contribution in [0.4, 0.5) is 0 Å². The molecule has 2 aromatic carbocycles. The molecule has 0 heterocycles. The number of rotatable bonds is 3. The van der Waals surface area contributed by atoms with Crippen molar-refractivity contribution in [3.8, 4) is 0 Å². The third kappa shape index (κ3) is 2.82. The minimum absolute atomic E-state index is 0.353. The Balaban J connectivity index is 2.55. The van der Waals surface area contributed by atoms with E-state index in [0.717, 1.165) is 21.9 Å². The van der Waals surface area contributed by atoms with Gasteiger partial charge in [-0.15, -0.1) is 12.6 Å². The molecule has 2 rings (SSSR count). The molecule has 0 aliphatic rings. The van der Waals surface area contributed by atoms with Crippen LogP contribution < -0.4 is 0 Å². The molecular weight excluding hydrogens is 256 g/mol. The third-order valence-corrected chi connectivity index (χ3v) is 3.54. The Morgan fingerprint density at radius 2 is 1.84 bits per heavy atom. The van der Waals surface area contributed by atoms with Gasteiger partial charge in [0.2, 0.25) is 0 Å². The predicted molar refractivity (Wildman–Crippen MR) is 82.2 cm³/mol. The van der Waals surface area contributed by atoms with E-state index >= 15 is 0 Å². The second-order valence-electron chi connectivity index (χ2n) is 4.22. The summed E-state index contributed by atoms with van der Waals surface area (Å²) < 4.78 is 4.99. The van der Waals surface area contributed by atoms with Gasteiger partial charge in [-0.2, -0.15) is 0 Å². The standard InChI is InChI=1S/C16H16O2S/c1-3-18-16(17)15(19)11(2)13-10-6-8-12-7-4-5-9-14(12)13/h4-10,19H,3H2,1-2H3. The lowest BCUT2D eigenvalue weighted by atomic mass is 9.99. The van der Waals surface area contributed by atoms with Crippen LogP contribution in [0.5, 0.6) is 0 Å². The molecule has 0 saturated carbocycles. The molecule has 0 aromatic heterocycles. The van der Waals surface area contributed by atoms with E-state index in [1.54, 1.807) is 6.92 Å². The van der Waals surface area contributed by atoms with Crippen LogP contribution in [0.3, 0.4) is 0 Å². The van der Waals surface area contributed by atoms with E-state index in [0.29, 0.717) is 11.5 Å². The van der Waals surface area contributed by atoms with E-state index in [9.17, 15) is 4.79 Å². The zero-order chi connectivity index (χ0) is 13.8. The fraction of sp³-hybridized carbons (Fsp3) is 0.188. The Hall–Kier alpha value is -1.74. The normalized spacial score (nSPS) is 12.2. The average molecular weight is 272 g/mol. The van der Waals surface area contributed by atoms with Crippen molar-refractivity contribution in [2.75, 3.05) is 6.61 Å². The first-order valence-electron chi connectivity index (χ1n) is 6.20. The van der Waals surface area contributed by atoms with E-state index in [4.69, 9.17) is 4.74 Å². The summed E-state index contributed by atoms with van der Waals surface area (Å²) in [6.07, 6.45) is 0. The highest BCUT2D eigenvalue weighted by atomic mass is 32.1. The summed E-state index contributed by atoms with van der Waals surface area (Å²) >= 11 is 4.30. The van der Waals surface area contributed by atoms with Gasteiger partial charge in [-0.1, -0.05) is 42.5 Å². The van der Waals surface area contributed by atoms with Gasteiger partial charge in [-0.3, -0.25) is 0 Å². The Bertz CT molecular complexity index is 639. The van der Waals surface area contributed by atoms with Gasteiger partial charge in [0, 0.05) is 0 Å². The maximum atomic E-state index is 11.7. The summed E-state index contributed by atoms with van der Waals surface area (Å²) in [5.41, 5.74) is 1.84. The molecule has 0 radical (unpaired) electrons. The summed E-state index contributed by atoms with van der Waals surface area (Å²) in [7, 11) is 0. The smallest absolute Gasteiger partial charge is 0.344 e. The van der Waals surface area contributed by atoms with Crippen LogP contribution in [0.1, 0.15) is 19.4 Å². The highest BCUT2D eigenvalue weighted by molar-refractivity contribution is 7.85. The zero-order valence-electron chi connectivity index (χ0n) is 11.0. The molecule has 0 N–H and O–H groups in total. The highest BCUT2D eigenvalue weighted by Gasteiger charge is 2.12. The van der Waals surface area contributed by atoms with Crippen LogP contribution in [0.25, 0.3) is 16.3 Å². The number of hydrogen-bond donors (Lipinski definition) is 1. The van der Waals surface area contributed by atoms with E-state index in [-0.39, 0.29) is 5.97 Å². The second-order valence-corrected chi connectivity index (χ2v) is 4.67. The quantitative estimate of drug-likeness (QED) is 0.518. The van der Waals surface area contributed by atoms with E-state index in [1.807, 2.05) is 37.3 Å². The van der Waals surface area contributed by atoms with Crippen molar-refractivity contribution in [1.29, 1.82) is 0 Å². The average Bonchev–Trinajstić information content (AvgIpc) is 2.45. The Morgan fingerprint density at radius 3 is 2.58 bits per heavy atom. The summed E-state index contributed by atoms with van der Waals surface area (Å²) in [4.78, 5) is 12.1. The van der Waals surface area contributed by atoms with Crippen molar-refractivity contribution in [3.63, 3.8) is 0 Å². The Kier molecular flexibility index (Phi) is 4.27. The van der Waals surface area contributed by atoms with Gasteiger partial charge in [0.05, 0.1) is 11.5 Å². The molecule has 0 unspecified atom stereocenters. The number of hydrogen-bond acceptors (Lipinski definition) is 3. The first kappa shape index (κ1) is 13.7. The van der Waals surface area contributed by atoms with Crippen LogP contribution in [0.2, 0.25) is 0 Å². The molecule has 0 fully saturated rings. The molecule has 0 bridgehead atoms. The third-order valence-electron chi connectivity index (χ3n) is 3.02. The fourth-order valence-corrected chi connectivity index (χ4v) is 2.22. The number of benzene rings is 2. The minimum Gasteiger partial charge on any atom is -0.462 e. The first-order valence-corrected chi connectivity index (χ1v) is 6.65. The number of thiol groups is 1. The highest BCUT2D eigenvalue weighted by Crippen LogP contribution is 2.28. The van der Waals surface area contributed by atoms with Crippen LogP contribution in [-0.4, -0.2) is 12.6 Å². The van der Waals surface area contributed by atoms with Gasteiger partial charge in [-0.05, 0) is 35.8 Å². The number of carbonyl (C=O) groups excluding carboxylic acids is 1. The van der Waals surface area contributed by atoms with Gasteiger partial charge in [-0.25, -0.2) is 4.79 Å². The molecule has 0 aliphatic heterocycles. The zero-order valence-corrected chi connectivity index (χ0v) is 11.9. The number of esters is 1. The number of allylic oxidation sites excluding steroid dienone is 1. The van der Waals surface area contributed by atoms with Crippen molar-refractivity contribution in [1.82, 2.24) is 0 Å². The predicted octanol–water partition coefficient (Wildman–Crippen LogP) is 4.06. The molecule has 0 saturated heterocycles. The number of fused-ring (bicyclic) bond motifs is 1. The first-order chi connectivity index (χ1) is 9.15. The van der Waals surface area contributed by atoms with Gasteiger partial charge < -0.3 is 4.74 Å². The minimum atomic E-state index is -0.378. The van der Waals surface area contributed by atoms with Gasteiger partial charge >= 0.3 is 5.97 Å². The lowest BCUT2D eigenvalue weighted by molar-refractivity contribution is -0.137. The van der Waals surface area contributed by atoms with E-state index < -0.39 is 0 Å². The van der Waals surface area contributed by atoms with Gasteiger partial charge in [0.1, 0.15) is 0 Å². The number of ether oxygens (including phenoxy) is 1. The van der Waals surface area contributed by atoms with E-state index in [1.165, 1.54) is 0 Å². The van der Waals surface area contributed by atoms with Crippen molar-refractivity contribution < 1.29 is 9.53 Å². The summed E-state index contributed by atoms with van der Waals surface area (Å²) in [5.74, 6) is -0.378. The second kappa shape index (κ2) is 5.93. The molecule has 98 valence electrons. The van der Waals surface area contributed by atoms with Crippen LogP contribution in [0, 0.1) is 0 Å². The van der Waals surface area contributed by atoms with Gasteiger partial charge in [0.15, 0.2) is 0 Å².